The van der Waals surface area contributed by atoms with Crippen molar-refractivity contribution >= 4 is 0 Å². The second kappa shape index (κ2) is 5.86. The van der Waals surface area contributed by atoms with Crippen LogP contribution in [0.15, 0.2) is 18.3 Å². The van der Waals surface area contributed by atoms with E-state index in [0.717, 1.165) is 12.8 Å². The summed E-state index contributed by atoms with van der Waals surface area (Å²) in [4.78, 5) is 4.51. The Morgan fingerprint density at radius 2 is 2.13 bits per heavy atom. The molecule has 0 fully saturated rings. The van der Waals surface area contributed by atoms with Crippen LogP contribution in [0.5, 0.6) is 0 Å². The van der Waals surface area contributed by atoms with Gasteiger partial charge in [-0.1, -0.05) is 26.8 Å². The second-order valence-electron chi connectivity index (χ2n) is 4.37. The van der Waals surface area contributed by atoms with Gasteiger partial charge in [-0.2, -0.15) is 0 Å². The van der Waals surface area contributed by atoms with Crippen molar-refractivity contribution in [2.24, 2.45) is 5.92 Å². The standard InChI is InChI=1S/C13H22N2/c1-5-11-7-6-8-15-13(11)12(14-4)9-10(2)3/h6-8,10,12,14H,5,9H2,1-4H3. The van der Waals surface area contributed by atoms with Gasteiger partial charge in [0.25, 0.3) is 0 Å². The molecular formula is C13H22N2. The molecule has 2 heteroatoms. The van der Waals surface area contributed by atoms with Gasteiger partial charge in [0.2, 0.25) is 0 Å². The summed E-state index contributed by atoms with van der Waals surface area (Å²) in [5, 5.41) is 3.36. The molecular weight excluding hydrogens is 184 g/mol. The number of aromatic nitrogens is 1. The first-order chi connectivity index (χ1) is 7.19. The average molecular weight is 206 g/mol. The Morgan fingerprint density at radius 1 is 1.40 bits per heavy atom. The molecule has 1 N–H and O–H groups in total. The maximum absolute atomic E-state index is 4.51. The van der Waals surface area contributed by atoms with Crippen LogP contribution in [0.3, 0.4) is 0 Å². The number of nitrogens with one attached hydrogen (secondary N) is 1. The van der Waals surface area contributed by atoms with Crippen LogP contribution in [0.2, 0.25) is 0 Å². The molecule has 15 heavy (non-hydrogen) atoms. The normalized spacial score (nSPS) is 13.1. The van der Waals surface area contributed by atoms with Crippen molar-refractivity contribution in [2.45, 2.75) is 39.7 Å². The minimum atomic E-state index is 0.390. The highest BCUT2D eigenvalue weighted by atomic mass is 14.9. The average Bonchev–Trinajstić information content (AvgIpc) is 2.25. The van der Waals surface area contributed by atoms with Crippen molar-refractivity contribution in [1.82, 2.24) is 10.3 Å². The summed E-state index contributed by atoms with van der Waals surface area (Å²) in [6, 6.07) is 4.58. The predicted molar refractivity (Wildman–Crippen MR) is 64.9 cm³/mol. The van der Waals surface area contributed by atoms with Crippen LogP contribution in [0.1, 0.15) is 44.5 Å². The monoisotopic (exact) mass is 206 g/mol. The molecule has 0 amide bonds. The number of hydrogen-bond donors (Lipinski definition) is 1. The van der Waals surface area contributed by atoms with E-state index in [1.165, 1.54) is 11.3 Å². The molecule has 0 aliphatic heterocycles. The Labute approximate surface area is 93.1 Å². The zero-order chi connectivity index (χ0) is 11.3. The molecule has 0 aliphatic rings. The van der Waals surface area contributed by atoms with Gasteiger partial charge in [0.15, 0.2) is 0 Å². The van der Waals surface area contributed by atoms with E-state index in [1.807, 2.05) is 19.3 Å². The van der Waals surface area contributed by atoms with Crippen molar-refractivity contribution in [3.05, 3.63) is 29.6 Å². The lowest BCUT2D eigenvalue weighted by Gasteiger charge is -2.20. The van der Waals surface area contributed by atoms with Crippen molar-refractivity contribution in [3.63, 3.8) is 0 Å². The van der Waals surface area contributed by atoms with Crippen LogP contribution < -0.4 is 5.32 Å². The van der Waals surface area contributed by atoms with E-state index in [0.29, 0.717) is 12.0 Å². The van der Waals surface area contributed by atoms with Crippen molar-refractivity contribution in [1.29, 1.82) is 0 Å². The fourth-order valence-corrected chi connectivity index (χ4v) is 1.90. The molecule has 1 rings (SSSR count). The minimum absolute atomic E-state index is 0.390. The highest BCUT2D eigenvalue weighted by molar-refractivity contribution is 5.22. The van der Waals surface area contributed by atoms with Crippen LogP contribution in [-0.4, -0.2) is 12.0 Å². The van der Waals surface area contributed by atoms with E-state index >= 15 is 0 Å². The summed E-state index contributed by atoms with van der Waals surface area (Å²) in [6.07, 6.45) is 4.08. The van der Waals surface area contributed by atoms with E-state index in [1.54, 1.807) is 0 Å². The third-order valence-electron chi connectivity index (χ3n) is 2.69. The molecule has 1 unspecified atom stereocenters. The smallest absolute Gasteiger partial charge is 0.0604 e. The summed E-state index contributed by atoms with van der Waals surface area (Å²) in [6.45, 7) is 6.68. The molecule has 1 heterocycles. The van der Waals surface area contributed by atoms with Gasteiger partial charge >= 0.3 is 0 Å². The first-order valence-corrected chi connectivity index (χ1v) is 5.80. The molecule has 0 aromatic carbocycles. The molecule has 1 aromatic heterocycles. The van der Waals surface area contributed by atoms with Crippen molar-refractivity contribution < 1.29 is 0 Å². The summed E-state index contributed by atoms with van der Waals surface area (Å²) in [5.74, 6) is 0.689. The lowest BCUT2D eigenvalue weighted by Crippen LogP contribution is -2.21. The Hall–Kier alpha value is -0.890. The zero-order valence-corrected chi connectivity index (χ0v) is 10.2. The SMILES string of the molecule is CCc1cccnc1C(CC(C)C)NC. The topological polar surface area (TPSA) is 24.9 Å². The molecule has 2 nitrogen and oxygen atoms in total. The lowest BCUT2D eigenvalue weighted by atomic mass is 9.97. The van der Waals surface area contributed by atoms with E-state index < -0.39 is 0 Å². The van der Waals surface area contributed by atoms with Crippen LogP contribution in [0.25, 0.3) is 0 Å². The van der Waals surface area contributed by atoms with E-state index in [4.69, 9.17) is 0 Å². The van der Waals surface area contributed by atoms with E-state index in [9.17, 15) is 0 Å². The maximum Gasteiger partial charge on any atom is 0.0604 e. The first kappa shape index (κ1) is 12.2. The Balaban J connectivity index is 2.90. The molecule has 84 valence electrons. The number of pyridine rings is 1. The molecule has 0 aliphatic carbocycles. The molecule has 0 spiro atoms. The van der Waals surface area contributed by atoms with Crippen LogP contribution in [-0.2, 0) is 6.42 Å². The number of nitrogens with zero attached hydrogens (tertiary/aromatic N) is 1. The molecule has 0 saturated carbocycles. The number of rotatable bonds is 5. The zero-order valence-electron chi connectivity index (χ0n) is 10.2. The van der Waals surface area contributed by atoms with Gasteiger partial charge in [0.05, 0.1) is 5.69 Å². The highest BCUT2D eigenvalue weighted by Gasteiger charge is 2.15. The molecule has 1 atom stereocenters. The van der Waals surface area contributed by atoms with Gasteiger partial charge in [-0.3, -0.25) is 4.98 Å². The predicted octanol–water partition coefficient (Wildman–Crippen LogP) is 2.95. The van der Waals surface area contributed by atoms with Gasteiger partial charge in [0.1, 0.15) is 0 Å². The molecule has 0 bridgehead atoms. The third kappa shape index (κ3) is 3.31. The number of aryl methyl sites for hydroxylation is 1. The first-order valence-electron chi connectivity index (χ1n) is 5.80. The second-order valence-corrected chi connectivity index (χ2v) is 4.37. The maximum atomic E-state index is 4.51. The fourth-order valence-electron chi connectivity index (χ4n) is 1.90. The van der Waals surface area contributed by atoms with Crippen LogP contribution in [0, 0.1) is 5.92 Å². The summed E-state index contributed by atoms with van der Waals surface area (Å²) < 4.78 is 0. The molecule has 0 radical (unpaired) electrons. The summed E-state index contributed by atoms with van der Waals surface area (Å²) in [7, 11) is 2.02. The van der Waals surface area contributed by atoms with Gasteiger partial charge in [0, 0.05) is 12.2 Å². The Morgan fingerprint density at radius 3 is 2.67 bits per heavy atom. The third-order valence-corrected chi connectivity index (χ3v) is 2.69. The molecule has 0 saturated heterocycles. The van der Waals surface area contributed by atoms with Crippen LogP contribution >= 0.6 is 0 Å². The fraction of sp³-hybridized carbons (Fsp3) is 0.615. The number of hydrogen-bond acceptors (Lipinski definition) is 2. The Bertz CT molecular complexity index is 294. The summed E-state index contributed by atoms with van der Waals surface area (Å²) in [5.41, 5.74) is 2.58. The van der Waals surface area contributed by atoms with Crippen molar-refractivity contribution in [3.8, 4) is 0 Å². The molecule has 1 aromatic rings. The van der Waals surface area contributed by atoms with Gasteiger partial charge < -0.3 is 5.32 Å². The van der Waals surface area contributed by atoms with Crippen molar-refractivity contribution in [2.75, 3.05) is 7.05 Å². The van der Waals surface area contributed by atoms with Crippen LogP contribution in [0.4, 0.5) is 0 Å². The quantitative estimate of drug-likeness (QED) is 0.801. The lowest BCUT2D eigenvalue weighted by molar-refractivity contribution is 0.446. The van der Waals surface area contributed by atoms with E-state index in [-0.39, 0.29) is 0 Å². The minimum Gasteiger partial charge on any atom is -0.312 e. The van der Waals surface area contributed by atoms with Gasteiger partial charge in [-0.15, -0.1) is 0 Å². The van der Waals surface area contributed by atoms with Gasteiger partial charge in [-0.25, -0.2) is 0 Å². The Kier molecular flexibility index (Phi) is 4.76. The van der Waals surface area contributed by atoms with Gasteiger partial charge in [-0.05, 0) is 37.4 Å². The summed E-state index contributed by atoms with van der Waals surface area (Å²) >= 11 is 0. The van der Waals surface area contributed by atoms with E-state index in [2.05, 4.69) is 37.1 Å². The largest absolute Gasteiger partial charge is 0.312 e. The highest BCUT2D eigenvalue weighted by Crippen LogP contribution is 2.22.